The number of nitrogens with two attached hydrogens (primary N) is 1. The standard InChI is InChI=1S/C13H23N5O2/c1-3-5-15-10-7-11(18-12(14)17-10)16-8-13(19-2)4-6-20-9-13/h7H,3-6,8-9H2,1-2H3,(H4,14,15,16,17,18). The van der Waals surface area contributed by atoms with Gasteiger partial charge in [0.2, 0.25) is 5.95 Å². The fourth-order valence-electron chi connectivity index (χ4n) is 2.11. The predicted molar refractivity (Wildman–Crippen MR) is 78.9 cm³/mol. The van der Waals surface area contributed by atoms with Gasteiger partial charge in [-0.05, 0) is 6.42 Å². The molecule has 0 radical (unpaired) electrons. The quantitative estimate of drug-likeness (QED) is 0.689. The van der Waals surface area contributed by atoms with Crippen LogP contribution in [0.15, 0.2) is 6.07 Å². The number of nitrogens with zero attached hydrogens (tertiary/aromatic N) is 2. The van der Waals surface area contributed by atoms with E-state index in [2.05, 4.69) is 27.5 Å². The Bertz CT molecular complexity index is 435. The Balaban J connectivity index is 1.99. The van der Waals surface area contributed by atoms with Gasteiger partial charge in [0, 0.05) is 39.3 Å². The number of ether oxygens (including phenoxy) is 2. The van der Waals surface area contributed by atoms with Crippen molar-refractivity contribution in [3.05, 3.63) is 6.07 Å². The van der Waals surface area contributed by atoms with Gasteiger partial charge >= 0.3 is 0 Å². The SMILES string of the molecule is CCCNc1cc(NCC2(OC)CCOC2)nc(N)n1. The van der Waals surface area contributed by atoms with Crippen LogP contribution >= 0.6 is 0 Å². The maximum absolute atomic E-state index is 5.72. The average molecular weight is 281 g/mol. The number of nitrogens with one attached hydrogen (secondary N) is 2. The molecule has 1 aliphatic heterocycles. The summed E-state index contributed by atoms with van der Waals surface area (Å²) in [6.45, 7) is 4.90. The number of hydrogen-bond acceptors (Lipinski definition) is 7. The molecule has 1 atom stereocenters. The topological polar surface area (TPSA) is 94.3 Å². The molecule has 7 nitrogen and oxygen atoms in total. The van der Waals surface area contributed by atoms with Crippen molar-refractivity contribution in [2.45, 2.75) is 25.4 Å². The number of hydrogen-bond donors (Lipinski definition) is 3. The molecule has 0 aromatic carbocycles. The van der Waals surface area contributed by atoms with E-state index in [1.165, 1.54) is 0 Å². The monoisotopic (exact) mass is 281 g/mol. The normalized spacial score (nSPS) is 21.9. The third-order valence-electron chi connectivity index (χ3n) is 3.39. The van der Waals surface area contributed by atoms with Crippen molar-refractivity contribution in [2.24, 2.45) is 0 Å². The summed E-state index contributed by atoms with van der Waals surface area (Å²) in [5, 5.41) is 6.46. The molecule has 2 rings (SSSR count). The Kier molecular flexibility index (Phi) is 4.97. The molecule has 1 fully saturated rings. The number of nitrogen functional groups attached to an aromatic ring is 1. The molecule has 20 heavy (non-hydrogen) atoms. The molecule has 1 aromatic heterocycles. The lowest BCUT2D eigenvalue weighted by Crippen LogP contribution is -2.39. The Morgan fingerprint density at radius 3 is 2.75 bits per heavy atom. The minimum absolute atomic E-state index is 0.253. The zero-order chi connectivity index (χ0) is 14.4. The largest absolute Gasteiger partial charge is 0.378 e. The summed E-state index contributed by atoms with van der Waals surface area (Å²) in [7, 11) is 1.71. The Hall–Kier alpha value is -1.60. The number of anilines is 3. The first-order chi connectivity index (χ1) is 9.67. The van der Waals surface area contributed by atoms with Gasteiger partial charge in [0.1, 0.15) is 17.2 Å². The highest BCUT2D eigenvalue weighted by molar-refractivity contribution is 5.51. The lowest BCUT2D eigenvalue weighted by Gasteiger charge is -2.26. The number of aromatic nitrogens is 2. The molecule has 112 valence electrons. The third-order valence-corrected chi connectivity index (χ3v) is 3.39. The Morgan fingerprint density at radius 2 is 2.15 bits per heavy atom. The molecule has 0 saturated carbocycles. The molecule has 0 bridgehead atoms. The van der Waals surface area contributed by atoms with Crippen LogP contribution in [-0.4, -0.2) is 49.0 Å². The summed E-state index contributed by atoms with van der Waals surface area (Å²) in [4.78, 5) is 8.34. The van der Waals surface area contributed by atoms with Crippen LogP contribution in [0.1, 0.15) is 19.8 Å². The van der Waals surface area contributed by atoms with Gasteiger partial charge in [0.15, 0.2) is 0 Å². The van der Waals surface area contributed by atoms with Gasteiger partial charge in [-0.25, -0.2) is 0 Å². The smallest absolute Gasteiger partial charge is 0.223 e. The summed E-state index contributed by atoms with van der Waals surface area (Å²) < 4.78 is 11.0. The second-order valence-electron chi connectivity index (χ2n) is 4.97. The van der Waals surface area contributed by atoms with Crippen molar-refractivity contribution < 1.29 is 9.47 Å². The van der Waals surface area contributed by atoms with Crippen LogP contribution in [0, 0.1) is 0 Å². The fourth-order valence-corrected chi connectivity index (χ4v) is 2.11. The van der Waals surface area contributed by atoms with Gasteiger partial charge in [0.05, 0.1) is 6.61 Å². The minimum atomic E-state index is -0.281. The summed E-state index contributed by atoms with van der Waals surface area (Å²) in [6, 6.07) is 1.85. The van der Waals surface area contributed by atoms with Crippen molar-refractivity contribution in [2.75, 3.05) is 49.8 Å². The lowest BCUT2D eigenvalue weighted by atomic mass is 10.0. The van der Waals surface area contributed by atoms with Crippen molar-refractivity contribution in [1.29, 1.82) is 0 Å². The molecule has 1 saturated heterocycles. The first-order valence-corrected chi connectivity index (χ1v) is 6.93. The second-order valence-corrected chi connectivity index (χ2v) is 4.97. The molecule has 4 N–H and O–H groups in total. The highest BCUT2D eigenvalue weighted by Gasteiger charge is 2.34. The van der Waals surface area contributed by atoms with Crippen LogP contribution in [0.3, 0.4) is 0 Å². The number of methoxy groups -OCH3 is 1. The molecular formula is C13H23N5O2. The van der Waals surface area contributed by atoms with Crippen LogP contribution < -0.4 is 16.4 Å². The van der Waals surface area contributed by atoms with Gasteiger partial charge in [-0.3, -0.25) is 0 Å². The van der Waals surface area contributed by atoms with E-state index in [9.17, 15) is 0 Å². The van der Waals surface area contributed by atoms with Crippen molar-refractivity contribution in [1.82, 2.24) is 9.97 Å². The van der Waals surface area contributed by atoms with Crippen LogP contribution in [0.25, 0.3) is 0 Å². The van der Waals surface area contributed by atoms with E-state index in [0.717, 1.165) is 31.8 Å². The van der Waals surface area contributed by atoms with Gasteiger partial charge < -0.3 is 25.8 Å². The van der Waals surface area contributed by atoms with Gasteiger partial charge in [0.25, 0.3) is 0 Å². The Labute approximate surface area is 119 Å². The molecule has 1 aliphatic rings. The third kappa shape index (κ3) is 3.71. The molecule has 2 heterocycles. The first-order valence-electron chi connectivity index (χ1n) is 6.93. The summed E-state index contributed by atoms with van der Waals surface area (Å²) in [6.07, 6.45) is 1.90. The van der Waals surface area contributed by atoms with Gasteiger partial charge in [-0.1, -0.05) is 6.92 Å². The highest BCUT2D eigenvalue weighted by atomic mass is 16.5. The summed E-state index contributed by atoms with van der Waals surface area (Å²) >= 11 is 0. The van der Waals surface area contributed by atoms with Crippen molar-refractivity contribution in [3.63, 3.8) is 0 Å². The van der Waals surface area contributed by atoms with Crippen LogP contribution in [-0.2, 0) is 9.47 Å². The van der Waals surface area contributed by atoms with E-state index in [1.54, 1.807) is 7.11 Å². The van der Waals surface area contributed by atoms with Gasteiger partial charge in [-0.2, -0.15) is 9.97 Å². The van der Waals surface area contributed by atoms with E-state index in [-0.39, 0.29) is 11.5 Å². The fraction of sp³-hybridized carbons (Fsp3) is 0.692. The maximum Gasteiger partial charge on any atom is 0.223 e. The van der Waals surface area contributed by atoms with E-state index in [0.29, 0.717) is 19.0 Å². The average Bonchev–Trinajstić information content (AvgIpc) is 2.92. The van der Waals surface area contributed by atoms with Crippen LogP contribution in [0.2, 0.25) is 0 Å². The molecule has 7 heteroatoms. The van der Waals surface area contributed by atoms with Crippen LogP contribution in [0.4, 0.5) is 17.6 Å². The lowest BCUT2D eigenvalue weighted by molar-refractivity contribution is -0.00625. The molecule has 1 unspecified atom stereocenters. The predicted octanol–water partition coefficient (Wildman–Crippen LogP) is 1.10. The van der Waals surface area contributed by atoms with E-state index in [1.807, 2.05) is 6.07 Å². The summed E-state index contributed by atoms with van der Waals surface area (Å²) in [5.74, 6) is 1.68. The molecule has 1 aromatic rings. The van der Waals surface area contributed by atoms with E-state index in [4.69, 9.17) is 15.2 Å². The minimum Gasteiger partial charge on any atom is -0.378 e. The molecule has 0 aliphatic carbocycles. The highest BCUT2D eigenvalue weighted by Crippen LogP contribution is 2.23. The zero-order valence-corrected chi connectivity index (χ0v) is 12.1. The maximum atomic E-state index is 5.72. The van der Waals surface area contributed by atoms with Crippen molar-refractivity contribution >= 4 is 17.6 Å². The molecule has 0 spiro atoms. The zero-order valence-electron chi connectivity index (χ0n) is 12.1. The van der Waals surface area contributed by atoms with E-state index >= 15 is 0 Å². The summed E-state index contributed by atoms with van der Waals surface area (Å²) in [5.41, 5.74) is 5.44. The van der Waals surface area contributed by atoms with E-state index < -0.39 is 0 Å². The van der Waals surface area contributed by atoms with Crippen LogP contribution in [0.5, 0.6) is 0 Å². The molecular weight excluding hydrogens is 258 g/mol. The number of rotatable bonds is 7. The molecule has 0 amide bonds. The first kappa shape index (κ1) is 14.8. The Morgan fingerprint density at radius 1 is 1.40 bits per heavy atom. The van der Waals surface area contributed by atoms with Gasteiger partial charge in [-0.15, -0.1) is 0 Å². The second kappa shape index (κ2) is 6.71. The van der Waals surface area contributed by atoms with Crippen molar-refractivity contribution in [3.8, 4) is 0 Å².